The zero-order chi connectivity index (χ0) is 69.2. The summed E-state index contributed by atoms with van der Waals surface area (Å²) >= 11 is 6.23. The summed E-state index contributed by atoms with van der Waals surface area (Å²) in [5.41, 5.74) is -1.68. The number of likely N-dealkylation sites (N-methyl/N-ethyl adjacent to an activating group) is 6. The second kappa shape index (κ2) is 34.9. The number of nitrogens with one attached hydrogen (secondary N) is 4. The second-order valence-corrected chi connectivity index (χ2v) is 26.1. The first-order valence-corrected chi connectivity index (χ1v) is 31.6. The zero-order valence-corrected chi connectivity index (χ0v) is 57.0. The molecule has 1 heterocycles. The number of halogens is 4. The molecule has 1 saturated heterocycles. The minimum absolute atomic E-state index is 0.0414. The van der Waals surface area contributed by atoms with Gasteiger partial charge in [-0.15, -0.1) is 0 Å². The lowest BCUT2D eigenvalue weighted by Crippen LogP contribution is -2.63. The van der Waals surface area contributed by atoms with Crippen LogP contribution in [0.15, 0.2) is 48.5 Å². The van der Waals surface area contributed by atoms with E-state index in [1.165, 1.54) is 89.9 Å². The molecule has 0 aliphatic carbocycles. The molecule has 0 radical (unpaired) electrons. The SMILES string of the molecule is CCCCN1CC(=O)N(C)[C@@H](Cc2ccc(Cl)cc2)C(=O)N(C)CC(=O)N[C@@H](CCc2ccc(C(F)(F)F)cc2)C(=O)N(C)[C@@H](CC(C)C)C(=O)NC(C)(C)C(=O)N(C)[C@@H](CC(C)C)C(=O)N[C@H](C)CC(=O)N(C)[C@@H](C)C(=O)N[C@@H]([C@@H](C)CC)C(=O)N(C)CC1=O. The van der Waals surface area contributed by atoms with Crippen LogP contribution in [0.3, 0.4) is 0 Å². The van der Waals surface area contributed by atoms with Gasteiger partial charge in [0.25, 0.3) is 0 Å². The molecular weight excluding hydrogens is 1200 g/mol. The fourth-order valence-electron chi connectivity index (χ4n) is 10.5. The number of carbonyl (C=O) groups is 11. The Labute approximate surface area is 540 Å². The van der Waals surface area contributed by atoms with Gasteiger partial charge in [-0.2, -0.15) is 13.2 Å². The van der Waals surface area contributed by atoms with Crippen LogP contribution >= 0.6 is 11.6 Å². The minimum Gasteiger partial charge on any atom is -0.351 e. The maximum absolute atomic E-state index is 15.0. The van der Waals surface area contributed by atoms with Gasteiger partial charge in [0.1, 0.15) is 41.8 Å². The fourth-order valence-corrected chi connectivity index (χ4v) is 10.6. The number of alkyl halides is 3. The molecule has 2 aromatic rings. The Morgan fingerprint density at radius 3 is 1.69 bits per heavy atom. The molecule has 508 valence electrons. The number of carbonyl (C=O) groups excluding carboxylic acids is 11. The predicted molar refractivity (Wildman–Crippen MR) is 340 cm³/mol. The Bertz CT molecular complexity index is 2860. The molecule has 0 spiro atoms. The van der Waals surface area contributed by atoms with Crippen LogP contribution in [0.5, 0.6) is 0 Å². The van der Waals surface area contributed by atoms with E-state index in [0.29, 0.717) is 35.4 Å². The first-order valence-electron chi connectivity index (χ1n) is 31.2. The minimum atomic E-state index is -4.63. The summed E-state index contributed by atoms with van der Waals surface area (Å²) in [6, 6.07) is 2.48. The highest BCUT2D eigenvalue weighted by molar-refractivity contribution is 6.30. The van der Waals surface area contributed by atoms with Crippen molar-refractivity contribution in [2.24, 2.45) is 17.8 Å². The Kier molecular flexibility index (Phi) is 29.9. The summed E-state index contributed by atoms with van der Waals surface area (Å²) in [7, 11) is 8.23. The summed E-state index contributed by atoms with van der Waals surface area (Å²) in [5.74, 6) is -8.42. The van der Waals surface area contributed by atoms with Crippen molar-refractivity contribution in [3.05, 3.63) is 70.2 Å². The molecule has 0 bridgehead atoms. The molecule has 0 unspecified atom stereocenters. The molecule has 26 heteroatoms. The quantitative estimate of drug-likeness (QED) is 0.188. The Morgan fingerprint density at radius 2 is 1.15 bits per heavy atom. The monoisotopic (exact) mass is 1300 g/mol. The zero-order valence-electron chi connectivity index (χ0n) is 56.2. The molecule has 11 amide bonds. The molecule has 1 aliphatic heterocycles. The van der Waals surface area contributed by atoms with Crippen LogP contribution in [-0.4, -0.2) is 216 Å². The molecule has 22 nitrogen and oxygen atoms in total. The Balaban J connectivity index is 2.24. The van der Waals surface area contributed by atoms with E-state index in [4.69, 9.17) is 11.6 Å². The van der Waals surface area contributed by atoms with Gasteiger partial charge in [-0.1, -0.05) is 97.2 Å². The molecule has 0 aromatic heterocycles. The Hall–Kier alpha value is -7.31. The molecular formula is C65H99ClF3N11O11. The van der Waals surface area contributed by atoms with Crippen LogP contribution < -0.4 is 21.3 Å². The highest BCUT2D eigenvalue weighted by Gasteiger charge is 2.42. The van der Waals surface area contributed by atoms with E-state index in [2.05, 4.69) is 21.3 Å². The largest absolute Gasteiger partial charge is 0.416 e. The van der Waals surface area contributed by atoms with E-state index < -0.39 is 150 Å². The first-order chi connectivity index (χ1) is 42.3. The topological polar surface area (TPSA) is 259 Å². The van der Waals surface area contributed by atoms with Crippen molar-refractivity contribution >= 4 is 76.6 Å². The van der Waals surface area contributed by atoms with Gasteiger partial charge in [0.05, 0.1) is 25.2 Å². The normalized spacial score (nSPS) is 23.6. The number of aryl methyl sites for hydroxylation is 1. The molecule has 2 aromatic carbocycles. The average Bonchev–Trinajstić information content (AvgIpc) is 1.14. The fraction of sp³-hybridized carbons (Fsp3) is 0.646. The summed E-state index contributed by atoms with van der Waals surface area (Å²) in [5, 5.41) is 11.5. The van der Waals surface area contributed by atoms with Crippen molar-refractivity contribution in [2.45, 2.75) is 188 Å². The molecule has 0 saturated carbocycles. The summed E-state index contributed by atoms with van der Waals surface area (Å²) < 4.78 is 40.8. The van der Waals surface area contributed by atoms with Crippen LogP contribution in [0.4, 0.5) is 13.2 Å². The van der Waals surface area contributed by atoms with Gasteiger partial charge in [-0.05, 0) is 113 Å². The van der Waals surface area contributed by atoms with E-state index in [1.54, 1.807) is 52.0 Å². The van der Waals surface area contributed by atoms with E-state index in [0.717, 1.165) is 31.7 Å². The predicted octanol–water partition coefficient (Wildman–Crippen LogP) is 5.32. The highest BCUT2D eigenvalue weighted by Crippen LogP contribution is 2.30. The van der Waals surface area contributed by atoms with Gasteiger partial charge >= 0.3 is 6.18 Å². The van der Waals surface area contributed by atoms with Crippen LogP contribution in [0, 0.1) is 17.8 Å². The summed E-state index contributed by atoms with van der Waals surface area (Å²) in [4.78, 5) is 167. The maximum atomic E-state index is 15.0. The first kappa shape index (κ1) is 77.9. The third kappa shape index (κ3) is 23.1. The Morgan fingerprint density at radius 1 is 0.604 bits per heavy atom. The molecule has 1 fully saturated rings. The number of rotatable bonds is 14. The van der Waals surface area contributed by atoms with Crippen molar-refractivity contribution < 1.29 is 65.9 Å². The van der Waals surface area contributed by atoms with Gasteiger partial charge in [0, 0.05) is 72.7 Å². The lowest BCUT2D eigenvalue weighted by atomic mass is 9.95. The van der Waals surface area contributed by atoms with Crippen molar-refractivity contribution in [1.82, 2.24) is 55.6 Å². The van der Waals surface area contributed by atoms with Gasteiger partial charge in [-0.25, -0.2) is 0 Å². The number of amides is 11. The van der Waals surface area contributed by atoms with Gasteiger partial charge < -0.3 is 55.6 Å². The van der Waals surface area contributed by atoms with E-state index >= 15 is 0 Å². The third-order valence-corrected chi connectivity index (χ3v) is 16.9. The van der Waals surface area contributed by atoms with E-state index in [-0.39, 0.29) is 56.9 Å². The van der Waals surface area contributed by atoms with Crippen LogP contribution in [0.1, 0.15) is 138 Å². The number of hydrogen-bond acceptors (Lipinski definition) is 11. The average molecular weight is 1300 g/mol. The van der Waals surface area contributed by atoms with Gasteiger partial charge in [0.15, 0.2) is 0 Å². The summed E-state index contributed by atoms with van der Waals surface area (Å²) in [6.07, 6.45) is -3.56. The number of hydrogen-bond donors (Lipinski definition) is 4. The molecule has 8 atom stereocenters. The highest BCUT2D eigenvalue weighted by atomic mass is 35.5. The molecule has 4 N–H and O–H groups in total. The van der Waals surface area contributed by atoms with Crippen molar-refractivity contribution in [3.63, 3.8) is 0 Å². The number of nitrogens with zero attached hydrogens (tertiary/aromatic N) is 7. The van der Waals surface area contributed by atoms with Crippen LogP contribution in [0.2, 0.25) is 5.02 Å². The van der Waals surface area contributed by atoms with Gasteiger partial charge in [-0.3, -0.25) is 52.7 Å². The lowest BCUT2D eigenvalue weighted by Gasteiger charge is -2.38. The van der Waals surface area contributed by atoms with Crippen molar-refractivity contribution in [1.29, 1.82) is 0 Å². The molecule has 3 rings (SSSR count). The number of unbranched alkanes of at least 4 members (excludes halogenated alkanes) is 1. The van der Waals surface area contributed by atoms with Gasteiger partial charge in [0.2, 0.25) is 65.0 Å². The standard InChI is InChI=1S/C65H99ClF3N11O11/c1-18-20-31-80-38-54(83)77(15)51(35-45-23-28-47(66)29-24-45)61(89)74(12)36-52(81)71-48(30-25-44-21-26-46(27-22-44)65(67,68)69)60(88)78(16)50(33-40(5)6)59(87)73-64(10,11)63(91)79(17)49(32-39(3)4)58(86)70-42(8)34-53(82)76(14)43(9)57(85)72-56(41(7)19-2)62(90)75(13)37-55(80)84/h21-24,26-29,39-43,48-51,56H,18-20,25,30-38H2,1-17H3,(H,70,86)(H,71,81)(H,72,85)(H,73,87)/t41-,42+,43-,48-,49-,50-,51-,56-/m0/s1. The number of benzene rings is 2. The lowest BCUT2D eigenvalue weighted by molar-refractivity contribution is -0.149. The van der Waals surface area contributed by atoms with Crippen LogP contribution in [-0.2, 0) is 71.8 Å². The second-order valence-electron chi connectivity index (χ2n) is 25.7. The maximum Gasteiger partial charge on any atom is 0.416 e. The third-order valence-electron chi connectivity index (χ3n) is 16.7. The van der Waals surface area contributed by atoms with Crippen molar-refractivity contribution in [2.75, 3.05) is 68.5 Å². The summed E-state index contributed by atoms with van der Waals surface area (Å²) in [6.45, 7) is 17.0. The smallest absolute Gasteiger partial charge is 0.351 e. The van der Waals surface area contributed by atoms with Crippen molar-refractivity contribution in [3.8, 4) is 0 Å². The van der Waals surface area contributed by atoms with Crippen LogP contribution in [0.25, 0.3) is 0 Å². The molecule has 1 aliphatic rings. The van der Waals surface area contributed by atoms with E-state index in [9.17, 15) is 65.9 Å². The van der Waals surface area contributed by atoms with E-state index in [1.807, 2.05) is 27.7 Å². The molecule has 91 heavy (non-hydrogen) atoms.